The molecule has 134 valence electrons. The molecule has 2 heteroatoms. The number of fused-ring (bicyclic) bond motifs is 1. The summed E-state index contributed by atoms with van der Waals surface area (Å²) in [6.45, 7) is 9.44. The molecule has 0 spiro atoms. The Labute approximate surface area is 152 Å². The molecule has 6 rings (SSSR count). The fourth-order valence-electron chi connectivity index (χ4n) is 7.65. The number of aromatic nitrogens is 1. The number of hydrogen-bond donors (Lipinski definition) is 1. The topological polar surface area (TPSA) is 17.0 Å². The molecule has 2 nitrogen and oxygen atoms in total. The van der Waals surface area contributed by atoms with Crippen molar-refractivity contribution in [2.24, 2.45) is 16.7 Å². The summed E-state index contributed by atoms with van der Waals surface area (Å²) < 4.78 is 2.40. The molecule has 1 aromatic heterocycles. The highest BCUT2D eigenvalue weighted by atomic mass is 15.0. The number of hydrogen-bond acceptors (Lipinski definition) is 1. The van der Waals surface area contributed by atoms with E-state index in [0.717, 1.165) is 19.0 Å². The van der Waals surface area contributed by atoms with Crippen LogP contribution in [0, 0.1) is 16.7 Å². The van der Waals surface area contributed by atoms with E-state index in [1.807, 2.05) is 0 Å². The Kier molecular flexibility index (Phi) is 3.27. The van der Waals surface area contributed by atoms with Gasteiger partial charge in [0.2, 0.25) is 0 Å². The molecule has 2 atom stereocenters. The lowest BCUT2D eigenvalue weighted by Gasteiger charge is -2.65. The third-order valence-corrected chi connectivity index (χ3v) is 7.49. The van der Waals surface area contributed by atoms with E-state index >= 15 is 0 Å². The zero-order chi connectivity index (χ0) is 17.3. The fraction of sp³-hybridized carbons (Fsp3) is 0.652. The SMILES string of the molecule is CCn1cc(CNC23CC4CC(C)(CC(C)(C4)C2)C3)c2ccccc21. The van der Waals surface area contributed by atoms with Crippen molar-refractivity contribution < 1.29 is 0 Å². The van der Waals surface area contributed by atoms with Gasteiger partial charge in [0.1, 0.15) is 0 Å². The van der Waals surface area contributed by atoms with Crippen LogP contribution in [-0.4, -0.2) is 10.1 Å². The Balaban J connectivity index is 1.44. The van der Waals surface area contributed by atoms with Gasteiger partial charge in [-0.25, -0.2) is 0 Å². The van der Waals surface area contributed by atoms with Crippen LogP contribution in [0.5, 0.6) is 0 Å². The van der Waals surface area contributed by atoms with Crippen LogP contribution in [0.1, 0.15) is 64.9 Å². The molecule has 0 radical (unpaired) electrons. The molecular formula is C23H32N2. The maximum atomic E-state index is 4.11. The van der Waals surface area contributed by atoms with E-state index in [1.54, 1.807) is 0 Å². The van der Waals surface area contributed by atoms with Gasteiger partial charge in [-0.15, -0.1) is 0 Å². The Morgan fingerprint density at radius 3 is 2.44 bits per heavy atom. The highest BCUT2D eigenvalue weighted by molar-refractivity contribution is 5.83. The molecule has 25 heavy (non-hydrogen) atoms. The number of nitrogens with zero attached hydrogens (tertiary/aromatic N) is 1. The van der Waals surface area contributed by atoms with Gasteiger partial charge in [0, 0.05) is 35.7 Å². The zero-order valence-electron chi connectivity index (χ0n) is 16.1. The van der Waals surface area contributed by atoms with E-state index < -0.39 is 0 Å². The van der Waals surface area contributed by atoms with Crippen molar-refractivity contribution in [3.8, 4) is 0 Å². The fourth-order valence-corrected chi connectivity index (χ4v) is 7.65. The minimum Gasteiger partial charge on any atom is -0.347 e. The quantitative estimate of drug-likeness (QED) is 0.780. The first-order chi connectivity index (χ1) is 11.9. The summed E-state index contributed by atoms with van der Waals surface area (Å²) in [6.07, 6.45) is 11.0. The smallest absolute Gasteiger partial charge is 0.0483 e. The van der Waals surface area contributed by atoms with Crippen LogP contribution >= 0.6 is 0 Å². The summed E-state index contributed by atoms with van der Waals surface area (Å²) in [5.74, 6) is 0.954. The van der Waals surface area contributed by atoms with E-state index in [0.29, 0.717) is 16.4 Å². The normalized spacial score (nSPS) is 39.4. The van der Waals surface area contributed by atoms with Crippen LogP contribution in [0.3, 0.4) is 0 Å². The minimum absolute atomic E-state index is 0.387. The number of aryl methyl sites for hydroxylation is 1. The molecule has 1 N–H and O–H groups in total. The first-order valence-electron chi connectivity index (χ1n) is 10.2. The van der Waals surface area contributed by atoms with Gasteiger partial charge in [0.15, 0.2) is 0 Å². The molecule has 2 aromatic rings. The van der Waals surface area contributed by atoms with Crippen LogP contribution < -0.4 is 5.32 Å². The number of rotatable bonds is 4. The molecule has 1 heterocycles. The summed E-state index contributed by atoms with van der Waals surface area (Å²) in [6, 6.07) is 8.89. The first-order valence-corrected chi connectivity index (χ1v) is 10.2. The zero-order valence-corrected chi connectivity index (χ0v) is 16.1. The summed E-state index contributed by atoms with van der Waals surface area (Å²) >= 11 is 0. The second-order valence-electron chi connectivity index (χ2n) is 10.2. The second kappa shape index (κ2) is 5.13. The van der Waals surface area contributed by atoms with Crippen molar-refractivity contribution in [1.82, 2.24) is 9.88 Å². The van der Waals surface area contributed by atoms with E-state index in [-0.39, 0.29) is 0 Å². The molecule has 0 amide bonds. The Morgan fingerprint density at radius 1 is 1.04 bits per heavy atom. The Hall–Kier alpha value is -1.28. The monoisotopic (exact) mass is 336 g/mol. The van der Waals surface area contributed by atoms with Crippen molar-refractivity contribution in [2.75, 3.05) is 0 Å². The van der Waals surface area contributed by atoms with Crippen molar-refractivity contribution in [1.29, 1.82) is 0 Å². The Bertz CT molecular complexity index is 799. The standard InChI is InChI=1S/C23H32N2/c1-4-25-13-18(19-7-5-6-8-20(19)25)12-24-23-11-17-9-21(2,15-23)14-22(3,10-17)16-23/h5-8,13,17,24H,4,9-12,14-16H2,1-3H3. The average molecular weight is 337 g/mol. The van der Waals surface area contributed by atoms with Gasteiger partial charge in [-0.2, -0.15) is 0 Å². The summed E-state index contributed by atoms with van der Waals surface area (Å²) in [4.78, 5) is 0. The average Bonchev–Trinajstić information content (AvgIpc) is 2.88. The molecule has 1 aromatic carbocycles. The lowest BCUT2D eigenvalue weighted by atomic mass is 9.43. The molecule has 4 saturated carbocycles. The van der Waals surface area contributed by atoms with Crippen molar-refractivity contribution in [2.45, 2.75) is 77.9 Å². The number of nitrogens with one attached hydrogen (secondary N) is 1. The van der Waals surface area contributed by atoms with Gasteiger partial charge in [-0.3, -0.25) is 0 Å². The van der Waals surface area contributed by atoms with E-state index in [4.69, 9.17) is 0 Å². The van der Waals surface area contributed by atoms with Crippen LogP contribution in [0.25, 0.3) is 10.9 Å². The molecule has 4 aliphatic carbocycles. The van der Waals surface area contributed by atoms with Gasteiger partial charge >= 0.3 is 0 Å². The van der Waals surface area contributed by atoms with E-state index in [9.17, 15) is 0 Å². The third kappa shape index (κ3) is 2.48. The molecule has 2 unspecified atom stereocenters. The predicted molar refractivity (Wildman–Crippen MR) is 105 cm³/mol. The van der Waals surface area contributed by atoms with E-state index in [2.05, 4.69) is 61.1 Å². The van der Waals surface area contributed by atoms with Gasteiger partial charge in [0.25, 0.3) is 0 Å². The largest absolute Gasteiger partial charge is 0.347 e. The first kappa shape index (κ1) is 15.9. The third-order valence-electron chi connectivity index (χ3n) is 7.49. The predicted octanol–water partition coefficient (Wildman–Crippen LogP) is 5.50. The lowest BCUT2D eigenvalue weighted by molar-refractivity contribution is -0.118. The van der Waals surface area contributed by atoms with Crippen molar-refractivity contribution in [3.63, 3.8) is 0 Å². The van der Waals surface area contributed by atoms with Gasteiger partial charge in [0.05, 0.1) is 0 Å². The van der Waals surface area contributed by atoms with Crippen LogP contribution in [0.15, 0.2) is 30.5 Å². The van der Waals surface area contributed by atoms with Gasteiger partial charge in [-0.05, 0) is 73.8 Å². The molecule has 4 bridgehead atoms. The molecular weight excluding hydrogens is 304 g/mol. The maximum absolute atomic E-state index is 4.11. The molecule has 4 fully saturated rings. The second-order valence-corrected chi connectivity index (χ2v) is 10.2. The van der Waals surface area contributed by atoms with Crippen molar-refractivity contribution in [3.05, 3.63) is 36.0 Å². The number of para-hydroxylation sites is 1. The highest BCUT2D eigenvalue weighted by Crippen LogP contribution is 2.66. The summed E-state index contributed by atoms with van der Waals surface area (Å²) in [5.41, 5.74) is 4.41. The minimum atomic E-state index is 0.387. The molecule has 0 saturated heterocycles. The van der Waals surface area contributed by atoms with Crippen LogP contribution in [-0.2, 0) is 13.1 Å². The number of benzene rings is 1. The van der Waals surface area contributed by atoms with Crippen molar-refractivity contribution >= 4 is 10.9 Å². The Morgan fingerprint density at radius 2 is 1.76 bits per heavy atom. The van der Waals surface area contributed by atoms with Gasteiger partial charge < -0.3 is 9.88 Å². The summed E-state index contributed by atoms with van der Waals surface area (Å²) in [5, 5.41) is 5.54. The van der Waals surface area contributed by atoms with Crippen LogP contribution in [0.4, 0.5) is 0 Å². The lowest BCUT2D eigenvalue weighted by Crippen LogP contribution is -2.63. The van der Waals surface area contributed by atoms with Gasteiger partial charge in [-0.1, -0.05) is 32.0 Å². The highest BCUT2D eigenvalue weighted by Gasteiger charge is 2.59. The summed E-state index contributed by atoms with van der Waals surface area (Å²) in [7, 11) is 0. The molecule has 0 aliphatic heterocycles. The van der Waals surface area contributed by atoms with E-state index in [1.165, 1.54) is 55.0 Å². The maximum Gasteiger partial charge on any atom is 0.0483 e. The molecule has 4 aliphatic rings. The van der Waals surface area contributed by atoms with Crippen LogP contribution in [0.2, 0.25) is 0 Å².